The molecular weight excluding hydrogens is 360 g/mol. The topological polar surface area (TPSA) is 17.8 Å². The molecule has 0 bridgehead atoms. The van der Waals surface area contributed by atoms with E-state index in [1.807, 2.05) is 12.5 Å². The summed E-state index contributed by atoms with van der Waals surface area (Å²) in [7, 11) is 0. The van der Waals surface area contributed by atoms with E-state index in [9.17, 15) is 0 Å². The van der Waals surface area contributed by atoms with Gasteiger partial charge in [0.25, 0.3) is 0 Å². The highest BCUT2D eigenvalue weighted by atomic mass is 32.2. The minimum atomic E-state index is 0.475. The zero-order valence-electron chi connectivity index (χ0n) is 17.2. The fourth-order valence-electron chi connectivity index (χ4n) is 3.71. The number of hydrogen-bond donors (Lipinski definition) is 0. The Bertz CT molecular complexity index is 797. The van der Waals surface area contributed by atoms with Crippen LogP contribution in [-0.2, 0) is 6.54 Å². The molecule has 1 aromatic heterocycles. The van der Waals surface area contributed by atoms with Gasteiger partial charge in [0.05, 0.1) is 6.33 Å². The highest BCUT2D eigenvalue weighted by Gasteiger charge is 2.13. The average molecular weight is 395 g/mol. The summed E-state index contributed by atoms with van der Waals surface area (Å²) in [5.41, 5.74) is 1.43. The summed E-state index contributed by atoms with van der Waals surface area (Å²) < 4.78 is 2.21. The van der Waals surface area contributed by atoms with Gasteiger partial charge >= 0.3 is 0 Å². The van der Waals surface area contributed by atoms with Gasteiger partial charge in [0.15, 0.2) is 0 Å². The van der Waals surface area contributed by atoms with Gasteiger partial charge in [-0.3, -0.25) is 0 Å². The normalized spacial score (nSPS) is 12.5. The van der Waals surface area contributed by atoms with Crippen molar-refractivity contribution in [2.45, 2.75) is 70.1 Å². The second-order valence-electron chi connectivity index (χ2n) is 7.70. The highest BCUT2D eigenvalue weighted by Crippen LogP contribution is 2.33. The van der Waals surface area contributed by atoms with Crippen LogP contribution in [0.3, 0.4) is 0 Å². The predicted molar refractivity (Wildman–Crippen MR) is 124 cm³/mol. The molecular formula is C25H34N2S. The molecule has 0 saturated heterocycles. The second-order valence-corrected chi connectivity index (χ2v) is 9.01. The quantitative estimate of drug-likeness (QED) is 0.277. The van der Waals surface area contributed by atoms with E-state index in [0.29, 0.717) is 5.25 Å². The van der Waals surface area contributed by atoms with E-state index in [1.54, 1.807) is 0 Å². The standard InChI is InChI=1S/C25H34N2S/c1-2-3-4-5-6-7-8-11-18-28-25(20-27-17-16-26-21-27)24-15-14-22-12-9-10-13-23(22)19-24/h9-10,12-17,19,21,25H,2-8,11,18,20H2,1H3. The van der Waals surface area contributed by atoms with Crippen molar-refractivity contribution < 1.29 is 0 Å². The van der Waals surface area contributed by atoms with E-state index < -0.39 is 0 Å². The van der Waals surface area contributed by atoms with Crippen LogP contribution in [0.15, 0.2) is 61.2 Å². The zero-order valence-corrected chi connectivity index (χ0v) is 18.0. The fourth-order valence-corrected chi connectivity index (χ4v) is 4.98. The van der Waals surface area contributed by atoms with Gasteiger partial charge < -0.3 is 4.57 Å². The number of nitrogens with zero attached hydrogens (tertiary/aromatic N) is 2. The van der Waals surface area contributed by atoms with Crippen LogP contribution < -0.4 is 0 Å². The zero-order chi connectivity index (χ0) is 19.4. The molecule has 2 aromatic carbocycles. The molecule has 1 unspecified atom stereocenters. The van der Waals surface area contributed by atoms with Crippen LogP contribution in [-0.4, -0.2) is 15.3 Å². The molecule has 0 aliphatic heterocycles. The Balaban J connectivity index is 1.52. The summed E-state index contributed by atoms with van der Waals surface area (Å²) in [6, 6.07) is 15.6. The summed E-state index contributed by atoms with van der Waals surface area (Å²) in [6.45, 7) is 3.27. The lowest BCUT2D eigenvalue weighted by molar-refractivity contribution is 0.586. The number of fused-ring (bicyclic) bond motifs is 1. The summed E-state index contributed by atoms with van der Waals surface area (Å²) in [6.07, 6.45) is 17.0. The monoisotopic (exact) mass is 394 g/mol. The maximum Gasteiger partial charge on any atom is 0.0946 e. The summed E-state index contributed by atoms with van der Waals surface area (Å²) in [5.74, 6) is 1.24. The van der Waals surface area contributed by atoms with Crippen molar-refractivity contribution in [3.8, 4) is 0 Å². The van der Waals surface area contributed by atoms with Gasteiger partial charge in [0, 0.05) is 24.2 Å². The number of rotatable bonds is 13. The maximum absolute atomic E-state index is 4.22. The molecule has 0 spiro atoms. The SMILES string of the molecule is CCCCCCCCCCSC(Cn1ccnc1)c1ccc2ccccc2c1. The highest BCUT2D eigenvalue weighted by molar-refractivity contribution is 7.99. The Hall–Kier alpha value is -1.74. The Morgan fingerprint density at radius 3 is 2.39 bits per heavy atom. The van der Waals surface area contributed by atoms with E-state index in [2.05, 4.69) is 76.9 Å². The molecule has 0 amide bonds. The molecule has 0 aliphatic carbocycles. The van der Waals surface area contributed by atoms with Gasteiger partial charge in [0.1, 0.15) is 0 Å². The first-order chi connectivity index (χ1) is 13.9. The van der Waals surface area contributed by atoms with Crippen LogP contribution in [0.4, 0.5) is 0 Å². The third kappa shape index (κ3) is 6.70. The number of unbranched alkanes of at least 4 members (excludes halogenated alkanes) is 7. The van der Waals surface area contributed by atoms with Crippen LogP contribution in [0.2, 0.25) is 0 Å². The van der Waals surface area contributed by atoms with E-state index in [1.165, 1.54) is 73.5 Å². The number of hydrogen-bond acceptors (Lipinski definition) is 2. The molecule has 3 rings (SSSR count). The molecule has 150 valence electrons. The molecule has 3 aromatic rings. The van der Waals surface area contributed by atoms with Crippen LogP contribution in [0, 0.1) is 0 Å². The van der Waals surface area contributed by atoms with Crippen molar-refractivity contribution in [2.24, 2.45) is 0 Å². The third-order valence-electron chi connectivity index (χ3n) is 5.40. The number of thioether (sulfide) groups is 1. The van der Waals surface area contributed by atoms with Gasteiger partial charge in [-0.15, -0.1) is 0 Å². The lowest BCUT2D eigenvalue weighted by Gasteiger charge is -2.18. The predicted octanol–water partition coefficient (Wildman–Crippen LogP) is 7.65. The minimum Gasteiger partial charge on any atom is -0.336 e. The number of aromatic nitrogens is 2. The van der Waals surface area contributed by atoms with Gasteiger partial charge in [-0.05, 0) is 34.6 Å². The van der Waals surface area contributed by atoms with Crippen molar-refractivity contribution in [1.82, 2.24) is 9.55 Å². The van der Waals surface area contributed by atoms with E-state index in [4.69, 9.17) is 0 Å². The van der Waals surface area contributed by atoms with Gasteiger partial charge in [-0.1, -0.05) is 88.3 Å². The number of imidazole rings is 1. The molecule has 0 N–H and O–H groups in total. The lowest BCUT2D eigenvalue weighted by Crippen LogP contribution is -2.06. The van der Waals surface area contributed by atoms with Crippen molar-refractivity contribution in [3.63, 3.8) is 0 Å². The van der Waals surface area contributed by atoms with Crippen molar-refractivity contribution in [3.05, 3.63) is 66.7 Å². The molecule has 1 heterocycles. The largest absolute Gasteiger partial charge is 0.336 e. The number of benzene rings is 2. The van der Waals surface area contributed by atoms with E-state index in [-0.39, 0.29) is 0 Å². The van der Waals surface area contributed by atoms with Crippen LogP contribution >= 0.6 is 11.8 Å². The van der Waals surface area contributed by atoms with E-state index >= 15 is 0 Å². The Kier molecular flexibility index (Phi) is 8.96. The summed E-state index contributed by atoms with van der Waals surface area (Å²) in [5, 5.41) is 3.13. The van der Waals surface area contributed by atoms with Crippen LogP contribution in [0.1, 0.15) is 69.1 Å². The fraction of sp³-hybridized carbons (Fsp3) is 0.480. The second kappa shape index (κ2) is 12.0. The average Bonchev–Trinajstić information content (AvgIpc) is 3.24. The van der Waals surface area contributed by atoms with Crippen molar-refractivity contribution >= 4 is 22.5 Å². The maximum atomic E-state index is 4.22. The lowest BCUT2D eigenvalue weighted by atomic mass is 10.0. The van der Waals surface area contributed by atoms with Crippen molar-refractivity contribution in [1.29, 1.82) is 0 Å². The molecule has 0 aliphatic rings. The molecule has 2 nitrogen and oxygen atoms in total. The Morgan fingerprint density at radius 1 is 0.893 bits per heavy atom. The third-order valence-corrected chi connectivity index (χ3v) is 6.75. The molecule has 1 atom stereocenters. The van der Waals surface area contributed by atoms with E-state index in [0.717, 1.165) is 6.54 Å². The minimum absolute atomic E-state index is 0.475. The summed E-state index contributed by atoms with van der Waals surface area (Å²) in [4.78, 5) is 4.22. The smallest absolute Gasteiger partial charge is 0.0946 e. The van der Waals surface area contributed by atoms with Gasteiger partial charge in [-0.25, -0.2) is 4.98 Å². The van der Waals surface area contributed by atoms with Crippen LogP contribution in [0.25, 0.3) is 10.8 Å². The molecule has 28 heavy (non-hydrogen) atoms. The van der Waals surface area contributed by atoms with Crippen LogP contribution in [0.5, 0.6) is 0 Å². The Labute approximate surface area is 174 Å². The summed E-state index contributed by atoms with van der Waals surface area (Å²) >= 11 is 2.10. The molecule has 0 radical (unpaired) electrons. The molecule has 0 fully saturated rings. The Morgan fingerprint density at radius 2 is 1.64 bits per heavy atom. The van der Waals surface area contributed by atoms with Gasteiger partial charge in [-0.2, -0.15) is 11.8 Å². The molecule has 3 heteroatoms. The van der Waals surface area contributed by atoms with Crippen molar-refractivity contribution in [2.75, 3.05) is 5.75 Å². The first-order valence-electron chi connectivity index (χ1n) is 10.9. The molecule has 0 saturated carbocycles. The first kappa shape index (κ1) is 21.0. The van der Waals surface area contributed by atoms with Gasteiger partial charge in [0.2, 0.25) is 0 Å². The first-order valence-corrected chi connectivity index (χ1v) is 12.0.